The standard InChI is InChI=1S/C15H14BrN3O2/c1-20-12-5-3-4-11-14(12)18-15(17)19(11)9-6-7-10(16)13(8-9)21-2/h3-8H,1-2H3,(H2,17,18). The Balaban J connectivity index is 2.27. The van der Waals surface area contributed by atoms with Crippen LogP contribution in [0.3, 0.4) is 0 Å². The fraction of sp³-hybridized carbons (Fsp3) is 0.133. The molecule has 108 valence electrons. The lowest BCUT2D eigenvalue weighted by atomic mass is 10.2. The molecule has 0 radical (unpaired) electrons. The molecule has 0 bridgehead atoms. The molecule has 3 aromatic rings. The number of nitrogens with two attached hydrogens (primary N) is 1. The van der Waals surface area contributed by atoms with Crippen LogP contribution >= 0.6 is 15.9 Å². The van der Waals surface area contributed by atoms with E-state index < -0.39 is 0 Å². The predicted molar refractivity (Wildman–Crippen MR) is 86.3 cm³/mol. The number of imidazole rings is 1. The zero-order valence-corrected chi connectivity index (χ0v) is 13.2. The fourth-order valence-corrected chi connectivity index (χ4v) is 2.72. The van der Waals surface area contributed by atoms with Crippen LogP contribution in [0.2, 0.25) is 0 Å². The van der Waals surface area contributed by atoms with E-state index in [1.807, 2.05) is 41.0 Å². The van der Waals surface area contributed by atoms with Crippen molar-refractivity contribution in [2.45, 2.75) is 0 Å². The number of methoxy groups -OCH3 is 2. The minimum absolute atomic E-state index is 0.402. The molecule has 0 unspecified atom stereocenters. The highest BCUT2D eigenvalue weighted by molar-refractivity contribution is 9.10. The number of aromatic nitrogens is 2. The molecule has 0 spiro atoms. The van der Waals surface area contributed by atoms with Crippen LogP contribution in [-0.4, -0.2) is 23.8 Å². The zero-order chi connectivity index (χ0) is 15.0. The zero-order valence-electron chi connectivity index (χ0n) is 11.6. The van der Waals surface area contributed by atoms with Gasteiger partial charge in [-0.15, -0.1) is 0 Å². The lowest BCUT2D eigenvalue weighted by Crippen LogP contribution is -2.01. The molecule has 0 aliphatic heterocycles. The van der Waals surface area contributed by atoms with Crippen LogP contribution < -0.4 is 15.2 Å². The van der Waals surface area contributed by atoms with Crippen LogP contribution in [0.25, 0.3) is 16.7 Å². The first-order valence-electron chi connectivity index (χ1n) is 6.30. The second kappa shape index (κ2) is 5.29. The molecule has 0 fully saturated rings. The SMILES string of the molecule is COc1cc(-n2c(N)nc3c(OC)cccc32)ccc1Br. The van der Waals surface area contributed by atoms with E-state index in [0.717, 1.165) is 26.9 Å². The third-order valence-corrected chi connectivity index (χ3v) is 3.94. The Labute approximate surface area is 130 Å². The lowest BCUT2D eigenvalue weighted by molar-refractivity contribution is 0.412. The number of hydrogen-bond donors (Lipinski definition) is 1. The number of fused-ring (bicyclic) bond motifs is 1. The van der Waals surface area contributed by atoms with Gasteiger partial charge in [0.2, 0.25) is 5.95 Å². The van der Waals surface area contributed by atoms with Crippen molar-refractivity contribution < 1.29 is 9.47 Å². The van der Waals surface area contributed by atoms with Crippen molar-refractivity contribution >= 4 is 32.9 Å². The average Bonchev–Trinajstić information content (AvgIpc) is 2.83. The van der Waals surface area contributed by atoms with Gasteiger partial charge in [-0.2, -0.15) is 0 Å². The molecule has 0 saturated carbocycles. The number of nitrogens with zero attached hydrogens (tertiary/aromatic N) is 2. The van der Waals surface area contributed by atoms with Gasteiger partial charge in [0.1, 0.15) is 17.0 Å². The van der Waals surface area contributed by atoms with E-state index in [2.05, 4.69) is 20.9 Å². The van der Waals surface area contributed by atoms with E-state index in [9.17, 15) is 0 Å². The Hall–Kier alpha value is -2.21. The summed E-state index contributed by atoms with van der Waals surface area (Å²) in [6.45, 7) is 0. The highest BCUT2D eigenvalue weighted by Crippen LogP contribution is 2.32. The van der Waals surface area contributed by atoms with Gasteiger partial charge in [-0.3, -0.25) is 4.57 Å². The summed E-state index contributed by atoms with van der Waals surface area (Å²) in [5.41, 5.74) is 8.58. The van der Waals surface area contributed by atoms with Gasteiger partial charge in [0.05, 0.1) is 29.9 Å². The maximum atomic E-state index is 6.08. The summed E-state index contributed by atoms with van der Waals surface area (Å²) in [4.78, 5) is 4.40. The van der Waals surface area contributed by atoms with Crippen molar-refractivity contribution in [3.05, 3.63) is 40.9 Å². The second-order valence-corrected chi connectivity index (χ2v) is 5.31. The molecule has 2 N–H and O–H groups in total. The van der Waals surface area contributed by atoms with Gasteiger partial charge in [0.15, 0.2) is 0 Å². The summed E-state index contributed by atoms with van der Waals surface area (Å²) in [6.07, 6.45) is 0. The van der Waals surface area contributed by atoms with E-state index in [1.165, 1.54) is 0 Å². The number of halogens is 1. The monoisotopic (exact) mass is 347 g/mol. The number of anilines is 1. The Morgan fingerprint density at radius 3 is 2.57 bits per heavy atom. The van der Waals surface area contributed by atoms with Crippen LogP contribution in [0.1, 0.15) is 0 Å². The topological polar surface area (TPSA) is 62.3 Å². The lowest BCUT2D eigenvalue weighted by Gasteiger charge is -2.10. The molecule has 5 nitrogen and oxygen atoms in total. The fourth-order valence-electron chi connectivity index (χ4n) is 2.32. The van der Waals surface area contributed by atoms with Crippen molar-refractivity contribution in [1.82, 2.24) is 9.55 Å². The Bertz CT molecular complexity index is 814. The molecule has 21 heavy (non-hydrogen) atoms. The summed E-state index contributed by atoms with van der Waals surface area (Å²) >= 11 is 3.44. The number of hydrogen-bond acceptors (Lipinski definition) is 4. The number of para-hydroxylation sites is 1. The van der Waals surface area contributed by atoms with Gasteiger partial charge in [0.25, 0.3) is 0 Å². The Kier molecular flexibility index (Phi) is 3.47. The maximum Gasteiger partial charge on any atom is 0.206 e. The normalized spacial score (nSPS) is 10.8. The third-order valence-electron chi connectivity index (χ3n) is 3.29. The van der Waals surface area contributed by atoms with Crippen molar-refractivity contribution in [2.75, 3.05) is 20.0 Å². The molecular formula is C15H14BrN3O2. The number of rotatable bonds is 3. The van der Waals surface area contributed by atoms with Crippen molar-refractivity contribution in [2.24, 2.45) is 0 Å². The van der Waals surface area contributed by atoms with Crippen LogP contribution in [-0.2, 0) is 0 Å². The Morgan fingerprint density at radius 1 is 1.10 bits per heavy atom. The smallest absolute Gasteiger partial charge is 0.206 e. The molecule has 6 heteroatoms. The first-order valence-corrected chi connectivity index (χ1v) is 7.10. The molecule has 3 rings (SSSR count). The van der Waals surface area contributed by atoms with Crippen molar-refractivity contribution in [3.8, 4) is 17.2 Å². The summed E-state index contributed by atoms with van der Waals surface area (Å²) in [7, 11) is 3.24. The first-order chi connectivity index (χ1) is 10.2. The van der Waals surface area contributed by atoms with Gasteiger partial charge in [-0.05, 0) is 40.2 Å². The maximum absolute atomic E-state index is 6.08. The molecule has 2 aromatic carbocycles. The summed E-state index contributed by atoms with van der Waals surface area (Å²) in [5, 5.41) is 0. The second-order valence-electron chi connectivity index (χ2n) is 4.45. The highest BCUT2D eigenvalue weighted by atomic mass is 79.9. The molecular weight excluding hydrogens is 334 g/mol. The molecule has 0 aliphatic rings. The van der Waals surface area contributed by atoms with E-state index in [-0.39, 0.29) is 0 Å². The third kappa shape index (κ3) is 2.21. The Morgan fingerprint density at radius 2 is 1.86 bits per heavy atom. The number of nitrogen functional groups attached to an aromatic ring is 1. The minimum atomic E-state index is 0.402. The van der Waals surface area contributed by atoms with Gasteiger partial charge in [-0.1, -0.05) is 6.07 Å². The van der Waals surface area contributed by atoms with Crippen molar-refractivity contribution in [1.29, 1.82) is 0 Å². The summed E-state index contributed by atoms with van der Waals surface area (Å²) < 4.78 is 13.4. The van der Waals surface area contributed by atoms with E-state index >= 15 is 0 Å². The van der Waals surface area contributed by atoms with Gasteiger partial charge >= 0.3 is 0 Å². The molecule has 1 aromatic heterocycles. The average molecular weight is 348 g/mol. The molecule has 1 heterocycles. The summed E-state index contributed by atoms with van der Waals surface area (Å²) in [5.74, 6) is 1.83. The van der Waals surface area contributed by atoms with Gasteiger partial charge in [0, 0.05) is 6.07 Å². The van der Waals surface area contributed by atoms with Crippen LogP contribution in [0.5, 0.6) is 11.5 Å². The van der Waals surface area contributed by atoms with E-state index in [4.69, 9.17) is 15.2 Å². The largest absolute Gasteiger partial charge is 0.495 e. The van der Waals surface area contributed by atoms with Crippen LogP contribution in [0, 0.1) is 0 Å². The van der Waals surface area contributed by atoms with Crippen LogP contribution in [0.4, 0.5) is 5.95 Å². The number of ether oxygens (including phenoxy) is 2. The molecule has 0 atom stereocenters. The molecule has 0 aliphatic carbocycles. The molecule has 0 amide bonds. The number of benzene rings is 2. The van der Waals surface area contributed by atoms with E-state index in [1.54, 1.807) is 14.2 Å². The summed E-state index contributed by atoms with van der Waals surface area (Å²) in [6, 6.07) is 11.5. The first kappa shape index (κ1) is 13.8. The quantitative estimate of drug-likeness (QED) is 0.788. The van der Waals surface area contributed by atoms with Gasteiger partial charge in [-0.25, -0.2) is 4.98 Å². The van der Waals surface area contributed by atoms with E-state index in [0.29, 0.717) is 11.7 Å². The molecule has 0 saturated heterocycles. The van der Waals surface area contributed by atoms with Crippen molar-refractivity contribution in [3.63, 3.8) is 0 Å². The van der Waals surface area contributed by atoms with Gasteiger partial charge < -0.3 is 15.2 Å². The van der Waals surface area contributed by atoms with Crippen LogP contribution in [0.15, 0.2) is 40.9 Å². The highest BCUT2D eigenvalue weighted by Gasteiger charge is 2.14. The predicted octanol–water partition coefficient (Wildman–Crippen LogP) is 3.39. The minimum Gasteiger partial charge on any atom is -0.495 e.